The van der Waals surface area contributed by atoms with E-state index in [1.54, 1.807) is 6.92 Å². The number of nitrogens with one attached hydrogen (secondary N) is 1. The molecule has 5 atom stereocenters. The summed E-state index contributed by atoms with van der Waals surface area (Å²) in [6.07, 6.45) is -1.47. The number of phosphoric acid groups is 3. The Bertz CT molecular complexity index is 519. The first-order chi connectivity index (χ1) is 9.80. The summed E-state index contributed by atoms with van der Waals surface area (Å²) in [7, 11) is -16.2. The Morgan fingerprint density at radius 3 is 2.18 bits per heavy atom. The van der Waals surface area contributed by atoms with E-state index in [2.05, 4.69) is 13.2 Å². The van der Waals surface area contributed by atoms with Crippen LogP contribution in [0.2, 0.25) is 0 Å². The molecule has 3 unspecified atom stereocenters. The van der Waals surface area contributed by atoms with Crippen molar-refractivity contribution in [2.24, 2.45) is 0 Å². The van der Waals surface area contributed by atoms with Gasteiger partial charge in [0.05, 0.1) is 24.9 Å². The summed E-state index contributed by atoms with van der Waals surface area (Å²) in [6.45, 7) is 1.44. The molecule has 0 radical (unpaired) electrons. The third-order valence-corrected chi connectivity index (χ3v) is 5.98. The SMILES string of the molecule is C[C@H]1CC(O)[C@@H](CNOP(=O)(O)OP(=O)(O)OP(=O)(O)O)O1. The van der Waals surface area contributed by atoms with E-state index < -0.39 is 35.7 Å². The molecule has 6 N–H and O–H groups in total. The third-order valence-electron chi connectivity index (χ3n) is 2.29. The topological polar surface area (TPSA) is 201 Å². The molecule has 0 aromatic carbocycles. The lowest BCUT2D eigenvalue weighted by Gasteiger charge is -2.18. The quantitative estimate of drug-likeness (QED) is 0.227. The molecule has 1 aliphatic heterocycles. The Hall–Kier alpha value is 0.290. The molecule has 0 aromatic rings. The van der Waals surface area contributed by atoms with Crippen molar-refractivity contribution in [3.63, 3.8) is 0 Å². The zero-order chi connectivity index (χ0) is 17.2. The maximum Gasteiger partial charge on any atom is 0.497 e. The first-order valence-corrected chi connectivity index (χ1v) is 10.2. The number of hydrogen-bond acceptors (Lipinski definition) is 9. The average molecular weight is 387 g/mol. The predicted molar refractivity (Wildman–Crippen MR) is 67.9 cm³/mol. The zero-order valence-electron chi connectivity index (χ0n) is 11.1. The Kier molecular flexibility index (Phi) is 6.89. The van der Waals surface area contributed by atoms with E-state index in [9.17, 15) is 18.8 Å². The number of hydroxylamine groups is 1. The smallest absolute Gasteiger partial charge is 0.390 e. The Morgan fingerprint density at radius 1 is 1.14 bits per heavy atom. The number of aliphatic hydroxyl groups is 1. The Balaban J connectivity index is 2.45. The van der Waals surface area contributed by atoms with Gasteiger partial charge in [0.2, 0.25) is 0 Å². The lowest BCUT2D eigenvalue weighted by atomic mass is 10.1. The summed E-state index contributed by atoms with van der Waals surface area (Å²) in [4.78, 5) is 34.7. The summed E-state index contributed by atoms with van der Waals surface area (Å²) in [5.74, 6) is 0. The first-order valence-electron chi connectivity index (χ1n) is 5.68. The molecule has 0 aromatic heterocycles. The second-order valence-electron chi connectivity index (χ2n) is 4.32. The van der Waals surface area contributed by atoms with Crippen LogP contribution in [0.1, 0.15) is 13.3 Å². The van der Waals surface area contributed by atoms with Crippen molar-refractivity contribution >= 4 is 23.5 Å². The first kappa shape index (κ1) is 20.3. The summed E-state index contributed by atoms with van der Waals surface area (Å²) in [5, 5.41) is 9.53. The van der Waals surface area contributed by atoms with Gasteiger partial charge < -0.3 is 29.4 Å². The predicted octanol–water partition coefficient (Wildman–Crippen LogP) is -0.627. The van der Waals surface area contributed by atoms with Gasteiger partial charge in [0.25, 0.3) is 0 Å². The Labute approximate surface area is 124 Å². The molecule has 0 bridgehead atoms. The lowest BCUT2D eigenvalue weighted by molar-refractivity contribution is -0.00529. The minimum atomic E-state index is -5.54. The van der Waals surface area contributed by atoms with Crippen LogP contribution in [0, 0.1) is 0 Å². The third kappa shape index (κ3) is 7.71. The van der Waals surface area contributed by atoms with Crippen molar-refractivity contribution in [3.05, 3.63) is 0 Å². The van der Waals surface area contributed by atoms with Crippen molar-refractivity contribution in [2.45, 2.75) is 31.7 Å². The van der Waals surface area contributed by atoms with E-state index >= 15 is 0 Å². The van der Waals surface area contributed by atoms with Crippen LogP contribution < -0.4 is 5.48 Å². The summed E-state index contributed by atoms with van der Waals surface area (Å²) in [5.41, 5.74) is 1.90. The van der Waals surface area contributed by atoms with E-state index in [1.165, 1.54) is 0 Å². The van der Waals surface area contributed by atoms with E-state index in [0.29, 0.717) is 6.42 Å². The molecule has 1 rings (SSSR count). The number of aliphatic hydroxyl groups excluding tert-OH is 1. The second-order valence-corrected chi connectivity index (χ2v) is 8.66. The lowest BCUT2D eigenvalue weighted by Crippen LogP contribution is -2.33. The van der Waals surface area contributed by atoms with Crippen LogP contribution in [0.15, 0.2) is 0 Å². The molecule has 1 saturated heterocycles. The van der Waals surface area contributed by atoms with E-state index in [1.807, 2.05) is 5.48 Å². The molecule has 0 spiro atoms. The summed E-state index contributed by atoms with van der Waals surface area (Å²) >= 11 is 0. The number of rotatable bonds is 8. The molecular formula is C6H16NO12P3. The highest BCUT2D eigenvalue weighted by Gasteiger charge is 2.41. The molecule has 1 aliphatic rings. The van der Waals surface area contributed by atoms with Crippen molar-refractivity contribution in [1.29, 1.82) is 0 Å². The minimum absolute atomic E-state index is 0.228. The van der Waals surface area contributed by atoms with Crippen LogP contribution in [0.3, 0.4) is 0 Å². The van der Waals surface area contributed by atoms with Gasteiger partial charge in [0, 0.05) is 6.42 Å². The van der Waals surface area contributed by atoms with Crippen molar-refractivity contribution in [3.8, 4) is 0 Å². The molecule has 13 nitrogen and oxygen atoms in total. The van der Waals surface area contributed by atoms with Gasteiger partial charge in [-0.3, -0.25) is 0 Å². The van der Waals surface area contributed by atoms with Crippen LogP contribution in [-0.4, -0.2) is 49.5 Å². The Morgan fingerprint density at radius 2 is 1.73 bits per heavy atom. The van der Waals surface area contributed by atoms with Gasteiger partial charge in [-0.15, -0.1) is 0 Å². The summed E-state index contributed by atoms with van der Waals surface area (Å²) in [6, 6.07) is 0. The summed E-state index contributed by atoms with van der Waals surface area (Å²) < 4.78 is 49.0. The van der Waals surface area contributed by atoms with Crippen LogP contribution in [0.5, 0.6) is 0 Å². The fourth-order valence-electron chi connectivity index (χ4n) is 1.62. The van der Waals surface area contributed by atoms with E-state index in [-0.39, 0.29) is 12.6 Å². The average Bonchev–Trinajstić information content (AvgIpc) is 2.51. The van der Waals surface area contributed by atoms with Gasteiger partial charge in [-0.05, 0) is 6.92 Å². The zero-order valence-corrected chi connectivity index (χ0v) is 13.8. The van der Waals surface area contributed by atoms with Gasteiger partial charge >= 0.3 is 23.5 Å². The molecule has 132 valence electrons. The molecule has 22 heavy (non-hydrogen) atoms. The van der Waals surface area contributed by atoms with E-state index in [0.717, 1.165) is 0 Å². The maximum atomic E-state index is 11.3. The standard InChI is InChI=1S/C6H16NO12P3/c1-4-2-5(8)6(16-4)3-7-17-21(12,13)19-22(14,15)18-20(9,10)11/h4-8H,2-3H2,1H3,(H,12,13)(H,14,15)(H2,9,10,11)/t4-,5?,6+/m0/s1. The van der Waals surface area contributed by atoms with Gasteiger partial charge in [0.15, 0.2) is 0 Å². The molecule has 0 aliphatic carbocycles. The van der Waals surface area contributed by atoms with E-state index in [4.69, 9.17) is 24.3 Å². The van der Waals surface area contributed by atoms with Gasteiger partial charge in [-0.2, -0.15) is 18.7 Å². The second kappa shape index (κ2) is 7.45. The molecule has 1 heterocycles. The number of ether oxygens (including phenoxy) is 1. The van der Waals surface area contributed by atoms with Crippen LogP contribution in [-0.2, 0) is 31.7 Å². The highest BCUT2D eigenvalue weighted by atomic mass is 31.3. The molecule has 0 amide bonds. The molecule has 16 heteroatoms. The molecule has 0 saturated carbocycles. The van der Waals surface area contributed by atoms with Gasteiger partial charge in [-0.25, -0.2) is 13.7 Å². The fraction of sp³-hybridized carbons (Fsp3) is 1.00. The van der Waals surface area contributed by atoms with Crippen LogP contribution in [0.25, 0.3) is 0 Å². The maximum absolute atomic E-state index is 11.3. The van der Waals surface area contributed by atoms with Crippen molar-refractivity contribution < 1.29 is 56.4 Å². The largest absolute Gasteiger partial charge is 0.497 e. The normalized spacial score (nSPS) is 31.6. The minimum Gasteiger partial charge on any atom is -0.390 e. The monoisotopic (exact) mass is 387 g/mol. The van der Waals surface area contributed by atoms with Crippen molar-refractivity contribution in [2.75, 3.05) is 6.54 Å². The highest BCUT2D eigenvalue weighted by Crippen LogP contribution is 2.65. The van der Waals surface area contributed by atoms with Crippen molar-refractivity contribution in [1.82, 2.24) is 5.48 Å². The fourth-order valence-corrected chi connectivity index (χ4v) is 4.50. The highest BCUT2D eigenvalue weighted by molar-refractivity contribution is 7.66. The van der Waals surface area contributed by atoms with Gasteiger partial charge in [-0.1, -0.05) is 0 Å². The van der Waals surface area contributed by atoms with Gasteiger partial charge in [0.1, 0.15) is 0 Å². The van der Waals surface area contributed by atoms with Crippen LogP contribution >= 0.6 is 23.5 Å². The molecular weight excluding hydrogens is 371 g/mol. The number of hydrogen-bond donors (Lipinski definition) is 6. The van der Waals surface area contributed by atoms with Crippen LogP contribution in [0.4, 0.5) is 0 Å². The molecule has 1 fully saturated rings.